The molecule has 2 atom stereocenters. The smallest absolute Gasteiger partial charge is 0.306 e. The lowest BCUT2D eigenvalue weighted by molar-refractivity contribution is -0.146. The third-order valence-corrected chi connectivity index (χ3v) is 10.8. The molecule has 4 aromatic rings. The van der Waals surface area contributed by atoms with E-state index in [4.69, 9.17) is 33.9 Å². The fourth-order valence-corrected chi connectivity index (χ4v) is 7.70. The molecule has 0 saturated carbocycles. The highest BCUT2D eigenvalue weighted by atomic mass is 32.2. The van der Waals surface area contributed by atoms with Gasteiger partial charge in [0.2, 0.25) is 0 Å². The van der Waals surface area contributed by atoms with Crippen molar-refractivity contribution in [1.29, 1.82) is 10.5 Å². The summed E-state index contributed by atoms with van der Waals surface area (Å²) in [7, 11) is 0. The minimum atomic E-state index is -0.881. The molecule has 50 heavy (non-hydrogen) atoms. The number of rotatable bonds is 15. The van der Waals surface area contributed by atoms with Crippen LogP contribution in [-0.4, -0.2) is 39.8 Å². The molecule has 2 aromatic carbocycles. The molecule has 2 unspecified atom stereocenters. The number of thioether (sulfide) groups is 2. The number of nitrogens with zero attached hydrogens (tertiary/aromatic N) is 4. The van der Waals surface area contributed by atoms with E-state index in [2.05, 4.69) is 22.1 Å². The van der Waals surface area contributed by atoms with Gasteiger partial charge in [0.1, 0.15) is 22.7 Å². The maximum Gasteiger partial charge on any atom is 0.306 e. The Balaban J connectivity index is 1.25. The number of hydrogen-bond acceptors (Lipinski definition) is 12. The van der Waals surface area contributed by atoms with Gasteiger partial charge >= 0.3 is 11.9 Å². The van der Waals surface area contributed by atoms with Crippen LogP contribution >= 0.6 is 48.0 Å². The number of aromatic nitrogens is 2. The lowest BCUT2D eigenvalue weighted by atomic mass is 10.1. The van der Waals surface area contributed by atoms with Gasteiger partial charge in [-0.25, -0.2) is 0 Å². The number of ether oxygens (including phenoxy) is 2. The third kappa shape index (κ3) is 11.9. The van der Waals surface area contributed by atoms with Gasteiger partial charge in [0.05, 0.1) is 31.9 Å². The summed E-state index contributed by atoms with van der Waals surface area (Å²) in [6.07, 6.45) is 3.89. The average molecular weight is 739 g/mol. The molecular formula is C38H34N4O4S4. The molecular weight excluding hydrogens is 705 g/mol. The minimum absolute atomic E-state index is 0.0282. The number of carbonyl (C=O) groups excluding carboxylic acids is 2. The van der Waals surface area contributed by atoms with Crippen LogP contribution in [0.2, 0.25) is 0 Å². The fourth-order valence-electron chi connectivity index (χ4n) is 4.50. The fraction of sp³-hybridized carbons (Fsp3) is 0.263. The second-order valence-corrected chi connectivity index (χ2v) is 16.0. The summed E-state index contributed by atoms with van der Waals surface area (Å²) in [5.74, 6) is -0.851. The Morgan fingerprint density at radius 3 is 1.42 bits per heavy atom. The molecule has 0 aliphatic heterocycles. The number of nitriles is 2. The minimum Gasteiger partial charge on any atom is -0.461 e. The molecule has 2 aromatic heterocycles. The Morgan fingerprint density at radius 1 is 0.680 bits per heavy atom. The molecule has 0 bridgehead atoms. The van der Waals surface area contributed by atoms with Gasteiger partial charge in [-0.05, 0) is 73.2 Å². The summed E-state index contributed by atoms with van der Waals surface area (Å²) in [5.41, 5.74) is 4.28. The standard InChI is InChI=1S/C38H34N4O4S4/c1-37(25-39,49-35(47)29-9-5-3-6-10-29)17-13-33(43)45-23-27-15-19-41-31(21-27)32-22-28(16-20-42-32)24-46-34(44)14-18-38(2,26-40)50-36(48)30-11-7-4-8-12-30/h3-12,15-16,19-22H,13-14,17-18,23-24H2,1-2H3. The van der Waals surface area contributed by atoms with Crippen LogP contribution in [0.15, 0.2) is 97.3 Å². The molecule has 0 aliphatic rings. The number of hydrogen-bond donors (Lipinski definition) is 0. The van der Waals surface area contributed by atoms with Crippen molar-refractivity contribution in [1.82, 2.24) is 9.97 Å². The quantitative estimate of drug-likeness (QED) is 0.0857. The highest BCUT2D eigenvalue weighted by molar-refractivity contribution is 8.25. The summed E-state index contributed by atoms with van der Waals surface area (Å²) in [5, 5.41) is 19.6. The van der Waals surface area contributed by atoms with E-state index in [-0.39, 0.29) is 38.9 Å². The first-order valence-electron chi connectivity index (χ1n) is 15.6. The molecule has 0 radical (unpaired) electrons. The Kier molecular flexibility index (Phi) is 14.2. The second kappa shape index (κ2) is 18.5. The largest absolute Gasteiger partial charge is 0.461 e. The van der Waals surface area contributed by atoms with Gasteiger partial charge in [0.25, 0.3) is 0 Å². The van der Waals surface area contributed by atoms with Gasteiger partial charge in [-0.1, -0.05) is 109 Å². The Bertz CT molecular complexity index is 1770. The van der Waals surface area contributed by atoms with Gasteiger partial charge in [0.15, 0.2) is 0 Å². The van der Waals surface area contributed by atoms with Crippen LogP contribution in [0, 0.1) is 22.7 Å². The van der Waals surface area contributed by atoms with Crippen LogP contribution < -0.4 is 0 Å². The first-order chi connectivity index (χ1) is 24.0. The molecule has 0 amide bonds. The lowest BCUT2D eigenvalue weighted by Crippen LogP contribution is -2.22. The third-order valence-electron chi connectivity index (χ3n) is 7.45. The number of pyridine rings is 2. The molecule has 0 N–H and O–H groups in total. The second-order valence-electron chi connectivity index (χ2n) is 11.6. The average Bonchev–Trinajstić information content (AvgIpc) is 3.15. The van der Waals surface area contributed by atoms with E-state index in [0.29, 0.717) is 19.8 Å². The highest BCUT2D eigenvalue weighted by Crippen LogP contribution is 2.34. The normalized spacial score (nSPS) is 13.0. The zero-order valence-electron chi connectivity index (χ0n) is 27.5. The van der Waals surface area contributed by atoms with Gasteiger partial charge in [-0.15, -0.1) is 0 Å². The van der Waals surface area contributed by atoms with Crippen LogP contribution in [-0.2, 0) is 32.3 Å². The monoisotopic (exact) mass is 738 g/mol. The van der Waals surface area contributed by atoms with Crippen molar-refractivity contribution in [2.45, 2.75) is 62.2 Å². The van der Waals surface area contributed by atoms with Crippen molar-refractivity contribution in [3.63, 3.8) is 0 Å². The topological polar surface area (TPSA) is 126 Å². The molecule has 4 rings (SSSR count). The Morgan fingerprint density at radius 2 is 1.06 bits per heavy atom. The molecule has 254 valence electrons. The summed E-state index contributed by atoms with van der Waals surface area (Å²) in [6.45, 7) is 3.59. The van der Waals surface area contributed by atoms with E-state index >= 15 is 0 Å². The van der Waals surface area contributed by atoms with Crippen LogP contribution in [0.5, 0.6) is 0 Å². The predicted molar refractivity (Wildman–Crippen MR) is 205 cm³/mol. The zero-order valence-corrected chi connectivity index (χ0v) is 30.8. The Labute approximate surface area is 311 Å². The maximum absolute atomic E-state index is 12.6. The van der Waals surface area contributed by atoms with Crippen molar-refractivity contribution in [3.05, 3.63) is 120 Å². The number of benzene rings is 2. The first kappa shape index (κ1) is 38.3. The molecule has 0 spiro atoms. The van der Waals surface area contributed by atoms with E-state index in [0.717, 1.165) is 22.3 Å². The number of carbonyl (C=O) groups is 2. The van der Waals surface area contributed by atoms with Crippen LogP contribution in [0.1, 0.15) is 61.8 Å². The molecule has 2 heterocycles. The first-order valence-corrected chi connectivity index (χ1v) is 18.1. The van der Waals surface area contributed by atoms with Crippen molar-refractivity contribution < 1.29 is 19.1 Å². The van der Waals surface area contributed by atoms with Crippen LogP contribution in [0.3, 0.4) is 0 Å². The summed E-state index contributed by atoms with van der Waals surface area (Å²) >= 11 is 13.6. The molecule has 8 nitrogen and oxygen atoms in total. The van der Waals surface area contributed by atoms with E-state index in [1.165, 1.54) is 23.5 Å². The zero-order chi connectivity index (χ0) is 36.0. The number of esters is 2. The van der Waals surface area contributed by atoms with Crippen LogP contribution in [0.4, 0.5) is 0 Å². The van der Waals surface area contributed by atoms with E-state index in [1.807, 2.05) is 60.7 Å². The van der Waals surface area contributed by atoms with Crippen molar-refractivity contribution in [2.24, 2.45) is 0 Å². The molecule has 0 fully saturated rings. The van der Waals surface area contributed by atoms with Crippen molar-refractivity contribution >= 4 is 68.3 Å². The van der Waals surface area contributed by atoms with E-state index < -0.39 is 21.4 Å². The molecule has 0 saturated heterocycles. The summed E-state index contributed by atoms with van der Waals surface area (Å²) < 4.78 is 10.5. The van der Waals surface area contributed by atoms with Crippen molar-refractivity contribution in [2.75, 3.05) is 0 Å². The van der Waals surface area contributed by atoms with Gasteiger partial charge in [-0.2, -0.15) is 10.5 Å². The van der Waals surface area contributed by atoms with Gasteiger partial charge in [-0.3, -0.25) is 19.6 Å². The van der Waals surface area contributed by atoms with Crippen LogP contribution in [0.25, 0.3) is 11.4 Å². The van der Waals surface area contributed by atoms with Crippen molar-refractivity contribution in [3.8, 4) is 23.5 Å². The Hall–Kier alpha value is -4.46. The molecule has 12 heteroatoms. The highest BCUT2D eigenvalue weighted by Gasteiger charge is 2.29. The SMILES string of the molecule is CC(C#N)(CCC(=O)OCc1ccnc(-c2cc(COC(=O)CCC(C)(C#N)SC(=S)c3ccccc3)ccn2)c1)SC(=S)c1ccccc1. The van der Waals surface area contributed by atoms with Gasteiger partial charge < -0.3 is 9.47 Å². The van der Waals surface area contributed by atoms with Gasteiger partial charge in [0, 0.05) is 25.2 Å². The maximum atomic E-state index is 12.6. The lowest BCUT2D eigenvalue weighted by Gasteiger charge is -2.21. The summed E-state index contributed by atoms with van der Waals surface area (Å²) in [4.78, 5) is 34.1. The number of thiocarbonyl (C=S) groups is 2. The molecule has 0 aliphatic carbocycles. The summed E-state index contributed by atoms with van der Waals surface area (Å²) in [6, 6.07) is 30.5. The van der Waals surface area contributed by atoms with E-state index in [1.54, 1.807) is 50.5 Å². The predicted octanol–water partition coefficient (Wildman–Crippen LogP) is 8.57. The van der Waals surface area contributed by atoms with E-state index in [9.17, 15) is 20.1 Å².